The Labute approximate surface area is 115 Å². The first-order valence-electron chi connectivity index (χ1n) is 6.54. The van der Waals surface area contributed by atoms with E-state index in [9.17, 15) is 21.9 Å². The number of hydrogen-bond acceptors (Lipinski definition) is 5. The maximum atomic E-state index is 12.3. The molecule has 6 nitrogen and oxygen atoms in total. The molecule has 0 aromatic carbocycles. The topological polar surface area (TPSA) is 101 Å². The van der Waals surface area contributed by atoms with Gasteiger partial charge in [-0.25, -0.2) is 21.6 Å². The molecule has 0 amide bonds. The van der Waals surface area contributed by atoms with E-state index in [1.165, 1.54) is 0 Å². The van der Waals surface area contributed by atoms with Gasteiger partial charge in [-0.3, -0.25) is 0 Å². The Bertz CT molecular complexity index is 471. The molecule has 114 valence electrons. The van der Waals surface area contributed by atoms with Crippen molar-refractivity contribution < 1.29 is 21.9 Å². The van der Waals surface area contributed by atoms with Crippen LogP contribution in [-0.4, -0.2) is 50.8 Å². The van der Waals surface area contributed by atoms with E-state index in [1.807, 2.05) is 13.8 Å². The molecule has 2 N–H and O–H groups in total. The van der Waals surface area contributed by atoms with Gasteiger partial charge in [-0.15, -0.1) is 0 Å². The van der Waals surface area contributed by atoms with Crippen LogP contribution in [0.1, 0.15) is 39.5 Å². The summed E-state index contributed by atoms with van der Waals surface area (Å²) in [5.41, 5.74) is -0.838. The maximum absolute atomic E-state index is 12.3. The molecule has 1 saturated heterocycles. The third kappa shape index (κ3) is 4.14. The third-order valence-electron chi connectivity index (χ3n) is 3.96. The van der Waals surface area contributed by atoms with E-state index in [-0.39, 0.29) is 31.0 Å². The van der Waals surface area contributed by atoms with E-state index >= 15 is 0 Å². The fourth-order valence-electron chi connectivity index (χ4n) is 2.21. The number of nitrogens with one attached hydrogen (secondary N) is 1. The van der Waals surface area contributed by atoms with Crippen LogP contribution in [0.5, 0.6) is 0 Å². The second-order valence-electron chi connectivity index (χ2n) is 5.14. The van der Waals surface area contributed by atoms with Crippen molar-refractivity contribution in [2.24, 2.45) is 0 Å². The van der Waals surface area contributed by atoms with Crippen molar-refractivity contribution in [2.45, 2.75) is 50.3 Å². The average molecular weight is 313 g/mol. The highest BCUT2D eigenvalue weighted by molar-refractivity contribution is 7.92. The van der Waals surface area contributed by atoms with Crippen molar-refractivity contribution in [3.8, 4) is 0 Å². The van der Waals surface area contributed by atoms with Gasteiger partial charge < -0.3 is 5.11 Å². The van der Waals surface area contributed by atoms with Crippen molar-refractivity contribution >= 4 is 19.9 Å². The monoisotopic (exact) mass is 313 g/mol. The molecular formula is C11H23NO5S2. The molecule has 0 atom stereocenters. The van der Waals surface area contributed by atoms with E-state index < -0.39 is 30.6 Å². The van der Waals surface area contributed by atoms with E-state index in [0.717, 1.165) is 0 Å². The van der Waals surface area contributed by atoms with Crippen LogP contribution in [0, 0.1) is 0 Å². The van der Waals surface area contributed by atoms with Gasteiger partial charge in [0.15, 0.2) is 0 Å². The molecule has 1 aliphatic heterocycles. The van der Waals surface area contributed by atoms with Gasteiger partial charge in [0.1, 0.15) is 9.84 Å². The summed E-state index contributed by atoms with van der Waals surface area (Å²) in [5, 5.41) is 8.72. The van der Waals surface area contributed by atoms with E-state index in [1.54, 1.807) is 0 Å². The SMILES string of the molecule is CCC(CC)(CO)NS(=O)(=O)C1CCS(=O)(=O)CC1. The van der Waals surface area contributed by atoms with Crippen molar-refractivity contribution in [3.05, 3.63) is 0 Å². The molecule has 0 aromatic rings. The first kappa shape index (κ1) is 16.9. The number of aliphatic hydroxyl groups is 1. The number of sulfonamides is 1. The van der Waals surface area contributed by atoms with Gasteiger partial charge in [0.25, 0.3) is 0 Å². The summed E-state index contributed by atoms with van der Waals surface area (Å²) in [5.74, 6) is -0.161. The minimum absolute atomic E-state index is 0.0804. The van der Waals surface area contributed by atoms with Crippen LogP contribution in [0.2, 0.25) is 0 Å². The number of hydrogen-bond donors (Lipinski definition) is 2. The minimum atomic E-state index is -3.60. The minimum Gasteiger partial charge on any atom is -0.394 e. The van der Waals surface area contributed by atoms with Crippen LogP contribution in [0.4, 0.5) is 0 Å². The average Bonchev–Trinajstić information content (AvgIpc) is 2.35. The van der Waals surface area contributed by atoms with Crippen LogP contribution in [-0.2, 0) is 19.9 Å². The van der Waals surface area contributed by atoms with Gasteiger partial charge >= 0.3 is 0 Å². The molecule has 0 unspecified atom stereocenters. The first-order valence-corrected chi connectivity index (χ1v) is 9.91. The van der Waals surface area contributed by atoms with Crippen LogP contribution in [0.25, 0.3) is 0 Å². The Morgan fingerprint density at radius 1 is 1.21 bits per heavy atom. The Balaban J connectivity index is 2.82. The molecule has 0 radical (unpaired) electrons. The largest absolute Gasteiger partial charge is 0.394 e. The van der Waals surface area contributed by atoms with Crippen molar-refractivity contribution in [1.82, 2.24) is 4.72 Å². The van der Waals surface area contributed by atoms with Gasteiger partial charge in [-0.2, -0.15) is 0 Å². The molecule has 1 aliphatic rings. The fraction of sp³-hybridized carbons (Fsp3) is 1.00. The lowest BCUT2D eigenvalue weighted by molar-refractivity contribution is 0.172. The van der Waals surface area contributed by atoms with Crippen LogP contribution < -0.4 is 4.72 Å². The van der Waals surface area contributed by atoms with Crippen molar-refractivity contribution in [3.63, 3.8) is 0 Å². The smallest absolute Gasteiger partial charge is 0.215 e. The predicted molar refractivity (Wildman–Crippen MR) is 74.1 cm³/mol. The summed E-state index contributed by atoms with van der Waals surface area (Å²) in [7, 11) is -6.68. The Kier molecular flexibility index (Phi) is 5.39. The molecule has 0 aromatic heterocycles. The number of rotatable bonds is 6. The molecule has 0 spiro atoms. The Morgan fingerprint density at radius 2 is 1.68 bits per heavy atom. The summed E-state index contributed by atoms with van der Waals surface area (Å²) in [6, 6.07) is 0. The molecule has 0 aliphatic carbocycles. The van der Waals surface area contributed by atoms with Crippen LogP contribution >= 0.6 is 0 Å². The van der Waals surface area contributed by atoms with Gasteiger partial charge in [-0.05, 0) is 25.7 Å². The quantitative estimate of drug-likeness (QED) is 0.721. The number of sulfone groups is 1. The lowest BCUT2D eigenvalue weighted by Crippen LogP contribution is -2.54. The Hall–Kier alpha value is -0.180. The second-order valence-corrected chi connectivity index (χ2v) is 9.41. The molecule has 1 heterocycles. The zero-order chi connectivity index (χ0) is 14.7. The molecule has 0 bridgehead atoms. The summed E-state index contributed by atoms with van der Waals surface area (Å²) >= 11 is 0. The van der Waals surface area contributed by atoms with Gasteiger partial charge in [0.2, 0.25) is 10.0 Å². The third-order valence-corrected chi connectivity index (χ3v) is 7.74. The molecule has 1 fully saturated rings. The summed E-state index contributed by atoms with van der Waals surface area (Å²) in [4.78, 5) is 0. The van der Waals surface area contributed by atoms with Crippen LogP contribution in [0.15, 0.2) is 0 Å². The normalized spacial score (nSPS) is 21.4. The standard InChI is InChI=1S/C11H23NO5S2/c1-3-11(4-2,9-13)12-19(16,17)10-5-7-18(14,15)8-6-10/h10,12-13H,3-9H2,1-2H3. The van der Waals surface area contributed by atoms with Crippen molar-refractivity contribution in [2.75, 3.05) is 18.1 Å². The lowest BCUT2D eigenvalue weighted by Gasteiger charge is -2.33. The fourth-order valence-corrected chi connectivity index (χ4v) is 5.98. The molecular weight excluding hydrogens is 290 g/mol. The van der Waals surface area contributed by atoms with E-state index in [0.29, 0.717) is 12.8 Å². The predicted octanol–water partition coefficient (Wildman–Crippen LogP) is 0.0341. The van der Waals surface area contributed by atoms with Crippen molar-refractivity contribution in [1.29, 1.82) is 0 Å². The zero-order valence-corrected chi connectivity index (χ0v) is 13.1. The van der Waals surface area contributed by atoms with Gasteiger partial charge in [0, 0.05) is 0 Å². The summed E-state index contributed by atoms with van der Waals surface area (Å²) < 4.78 is 49.8. The van der Waals surface area contributed by atoms with Gasteiger partial charge in [-0.1, -0.05) is 13.8 Å². The first-order chi connectivity index (χ1) is 8.70. The summed E-state index contributed by atoms with van der Waals surface area (Å²) in [6.07, 6.45) is 1.24. The lowest BCUT2D eigenvalue weighted by atomic mass is 9.96. The second kappa shape index (κ2) is 6.07. The molecule has 8 heteroatoms. The highest BCUT2D eigenvalue weighted by Crippen LogP contribution is 2.23. The summed E-state index contributed by atoms with van der Waals surface area (Å²) in [6.45, 7) is 3.37. The van der Waals surface area contributed by atoms with Gasteiger partial charge in [0.05, 0.1) is 28.9 Å². The molecule has 0 saturated carbocycles. The van der Waals surface area contributed by atoms with E-state index in [2.05, 4.69) is 4.72 Å². The highest BCUT2D eigenvalue weighted by Gasteiger charge is 2.38. The maximum Gasteiger partial charge on any atom is 0.215 e. The Morgan fingerprint density at radius 3 is 2.05 bits per heavy atom. The molecule has 19 heavy (non-hydrogen) atoms. The van der Waals surface area contributed by atoms with E-state index in [4.69, 9.17) is 0 Å². The molecule has 1 rings (SSSR count). The van der Waals surface area contributed by atoms with Crippen LogP contribution in [0.3, 0.4) is 0 Å². The number of aliphatic hydroxyl groups excluding tert-OH is 1. The highest BCUT2D eigenvalue weighted by atomic mass is 32.2. The zero-order valence-electron chi connectivity index (χ0n) is 11.4.